The number of carboxylic acid groups (broad SMARTS) is 1. The van der Waals surface area contributed by atoms with Crippen molar-refractivity contribution in [3.63, 3.8) is 0 Å². The molecule has 0 bridgehead atoms. The summed E-state index contributed by atoms with van der Waals surface area (Å²) in [5, 5.41) is 9.95. The average molecular weight is 277 g/mol. The van der Waals surface area contributed by atoms with Crippen LogP contribution >= 0.6 is 0 Å². The summed E-state index contributed by atoms with van der Waals surface area (Å²) in [7, 11) is 1.64. The molecule has 0 saturated carbocycles. The highest BCUT2D eigenvalue weighted by molar-refractivity contribution is 5.87. The zero-order valence-corrected chi connectivity index (χ0v) is 11.5. The first-order valence-electron chi connectivity index (χ1n) is 6.57. The fraction of sp³-hybridized carbons (Fsp3) is 0.400. The van der Waals surface area contributed by atoms with Crippen molar-refractivity contribution >= 4 is 16.9 Å². The fourth-order valence-corrected chi connectivity index (χ4v) is 2.22. The Morgan fingerprint density at radius 3 is 2.80 bits per heavy atom. The summed E-state index contributed by atoms with van der Waals surface area (Å²) < 4.78 is 12.4. The van der Waals surface area contributed by atoms with Gasteiger partial charge in [-0.3, -0.25) is 4.79 Å². The van der Waals surface area contributed by atoms with Crippen molar-refractivity contribution < 1.29 is 19.4 Å². The van der Waals surface area contributed by atoms with Gasteiger partial charge in [0, 0.05) is 30.8 Å². The van der Waals surface area contributed by atoms with Crippen LogP contribution in [-0.2, 0) is 27.2 Å². The third-order valence-electron chi connectivity index (χ3n) is 3.12. The minimum Gasteiger partial charge on any atom is -0.481 e. The third kappa shape index (κ3) is 3.59. The monoisotopic (exact) mass is 277 g/mol. The molecule has 2 aromatic rings. The zero-order valence-electron chi connectivity index (χ0n) is 11.5. The van der Waals surface area contributed by atoms with Crippen molar-refractivity contribution in [2.75, 3.05) is 26.9 Å². The van der Waals surface area contributed by atoms with Gasteiger partial charge in [0.25, 0.3) is 0 Å². The zero-order chi connectivity index (χ0) is 14.4. The summed E-state index contributed by atoms with van der Waals surface area (Å²) in [4.78, 5) is 10.9. The van der Waals surface area contributed by atoms with Crippen LogP contribution in [0.25, 0.3) is 10.9 Å². The Morgan fingerprint density at radius 2 is 2.05 bits per heavy atom. The van der Waals surface area contributed by atoms with Gasteiger partial charge in [0.1, 0.15) is 0 Å². The number of para-hydroxylation sites is 1. The molecule has 0 fully saturated rings. The molecule has 0 aliphatic heterocycles. The number of hydrogen-bond acceptors (Lipinski definition) is 3. The number of ether oxygens (including phenoxy) is 2. The van der Waals surface area contributed by atoms with Crippen molar-refractivity contribution in [2.45, 2.75) is 13.0 Å². The Hall–Kier alpha value is -1.85. The number of fused-ring (bicyclic) bond motifs is 1. The van der Waals surface area contributed by atoms with Gasteiger partial charge in [-0.15, -0.1) is 0 Å². The van der Waals surface area contributed by atoms with Gasteiger partial charge >= 0.3 is 5.97 Å². The molecule has 2 rings (SSSR count). The number of aliphatic carboxylic acids is 1. The van der Waals surface area contributed by atoms with Gasteiger partial charge in [0.2, 0.25) is 0 Å². The summed E-state index contributed by atoms with van der Waals surface area (Å²) in [6.07, 6.45) is 1.94. The Morgan fingerprint density at radius 1 is 1.25 bits per heavy atom. The van der Waals surface area contributed by atoms with Gasteiger partial charge in [0.15, 0.2) is 0 Å². The van der Waals surface area contributed by atoms with E-state index in [1.807, 2.05) is 35.0 Å². The molecule has 5 heteroatoms. The largest absolute Gasteiger partial charge is 0.481 e. The van der Waals surface area contributed by atoms with E-state index in [1.165, 1.54) is 0 Å². The summed E-state index contributed by atoms with van der Waals surface area (Å²) >= 11 is 0. The second kappa shape index (κ2) is 7.07. The van der Waals surface area contributed by atoms with Crippen LogP contribution in [0.4, 0.5) is 0 Å². The molecule has 0 amide bonds. The minimum atomic E-state index is -0.816. The number of carbonyl (C=O) groups is 1. The van der Waals surface area contributed by atoms with E-state index in [2.05, 4.69) is 0 Å². The van der Waals surface area contributed by atoms with Crippen LogP contribution in [0.1, 0.15) is 5.56 Å². The average Bonchev–Trinajstić information content (AvgIpc) is 2.77. The second-order valence-electron chi connectivity index (χ2n) is 4.54. The topological polar surface area (TPSA) is 60.7 Å². The lowest BCUT2D eigenvalue weighted by Crippen LogP contribution is -2.08. The summed E-state index contributed by atoms with van der Waals surface area (Å²) in [6, 6.07) is 7.83. The van der Waals surface area contributed by atoms with Crippen LogP contribution < -0.4 is 0 Å². The van der Waals surface area contributed by atoms with Gasteiger partial charge in [-0.1, -0.05) is 18.2 Å². The van der Waals surface area contributed by atoms with Crippen molar-refractivity contribution in [2.24, 2.45) is 0 Å². The smallest absolute Gasteiger partial charge is 0.307 e. The van der Waals surface area contributed by atoms with E-state index in [0.717, 1.165) is 16.5 Å². The van der Waals surface area contributed by atoms with E-state index in [1.54, 1.807) is 7.11 Å². The molecule has 1 N–H and O–H groups in total. The highest BCUT2D eigenvalue weighted by Crippen LogP contribution is 2.21. The molecule has 1 aromatic carbocycles. The van der Waals surface area contributed by atoms with Gasteiger partial charge in [0.05, 0.1) is 26.2 Å². The summed E-state index contributed by atoms with van der Waals surface area (Å²) in [6.45, 7) is 2.42. The van der Waals surface area contributed by atoms with Crippen molar-refractivity contribution in [1.82, 2.24) is 4.57 Å². The molecule has 1 heterocycles. The molecule has 5 nitrogen and oxygen atoms in total. The highest BCUT2D eigenvalue weighted by atomic mass is 16.5. The Balaban J connectivity index is 2.10. The predicted octanol–water partition coefficient (Wildman–Crippen LogP) is 1.93. The van der Waals surface area contributed by atoms with E-state index >= 15 is 0 Å². The van der Waals surface area contributed by atoms with E-state index in [9.17, 15) is 4.79 Å². The molecule has 0 unspecified atom stereocenters. The molecular weight excluding hydrogens is 258 g/mol. The molecule has 0 atom stereocenters. The summed E-state index contributed by atoms with van der Waals surface area (Å²) in [5.74, 6) is -0.816. The van der Waals surface area contributed by atoms with E-state index in [0.29, 0.717) is 26.4 Å². The molecule has 0 saturated heterocycles. The van der Waals surface area contributed by atoms with Gasteiger partial charge in [-0.2, -0.15) is 0 Å². The second-order valence-corrected chi connectivity index (χ2v) is 4.54. The van der Waals surface area contributed by atoms with Crippen LogP contribution in [0.2, 0.25) is 0 Å². The number of hydrogen-bond donors (Lipinski definition) is 1. The Kier molecular flexibility index (Phi) is 5.15. The maximum Gasteiger partial charge on any atom is 0.307 e. The van der Waals surface area contributed by atoms with Gasteiger partial charge in [-0.05, 0) is 11.6 Å². The van der Waals surface area contributed by atoms with Crippen molar-refractivity contribution in [1.29, 1.82) is 0 Å². The lowest BCUT2D eigenvalue weighted by atomic mass is 10.1. The van der Waals surface area contributed by atoms with Gasteiger partial charge < -0.3 is 19.1 Å². The predicted molar refractivity (Wildman–Crippen MR) is 76.0 cm³/mol. The van der Waals surface area contributed by atoms with Crippen LogP contribution in [0.15, 0.2) is 30.5 Å². The SMILES string of the molecule is COCCOCCn1cc(CC(=O)O)c2ccccc21. The van der Waals surface area contributed by atoms with Gasteiger partial charge in [-0.25, -0.2) is 0 Å². The minimum absolute atomic E-state index is 0.0397. The first kappa shape index (κ1) is 14.6. The Labute approximate surface area is 117 Å². The number of methoxy groups -OCH3 is 1. The van der Waals surface area contributed by atoms with Crippen LogP contribution in [0, 0.1) is 0 Å². The normalized spacial score (nSPS) is 11.1. The highest BCUT2D eigenvalue weighted by Gasteiger charge is 2.10. The van der Waals surface area contributed by atoms with E-state index < -0.39 is 5.97 Å². The Bertz CT molecular complexity index is 576. The number of aromatic nitrogens is 1. The molecule has 0 spiro atoms. The molecule has 20 heavy (non-hydrogen) atoms. The summed E-state index contributed by atoms with van der Waals surface area (Å²) in [5.41, 5.74) is 1.88. The maximum atomic E-state index is 10.9. The molecule has 0 radical (unpaired) electrons. The molecule has 0 aliphatic carbocycles. The first-order chi connectivity index (χ1) is 9.72. The van der Waals surface area contributed by atoms with Crippen molar-refractivity contribution in [3.05, 3.63) is 36.0 Å². The molecular formula is C15H19NO4. The molecule has 108 valence electrons. The molecule has 1 aromatic heterocycles. The van der Waals surface area contributed by atoms with E-state index in [-0.39, 0.29) is 6.42 Å². The quantitative estimate of drug-likeness (QED) is 0.749. The number of nitrogens with zero attached hydrogens (tertiary/aromatic N) is 1. The lowest BCUT2D eigenvalue weighted by molar-refractivity contribution is -0.136. The maximum absolute atomic E-state index is 10.9. The lowest BCUT2D eigenvalue weighted by Gasteiger charge is -2.06. The van der Waals surface area contributed by atoms with Crippen LogP contribution in [0.3, 0.4) is 0 Å². The third-order valence-corrected chi connectivity index (χ3v) is 3.12. The van der Waals surface area contributed by atoms with Crippen molar-refractivity contribution in [3.8, 4) is 0 Å². The van der Waals surface area contributed by atoms with Crippen LogP contribution in [-0.4, -0.2) is 42.6 Å². The first-order valence-corrected chi connectivity index (χ1v) is 6.57. The fourth-order valence-electron chi connectivity index (χ4n) is 2.22. The molecule has 0 aliphatic rings. The number of benzene rings is 1. The van der Waals surface area contributed by atoms with Crippen LogP contribution in [0.5, 0.6) is 0 Å². The number of carboxylic acids is 1. The van der Waals surface area contributed by atoms with E-state index in [4.69, 9.17) is 14.6 Å². The standard InChI is InChI=1S/C15H19NO4/c1-19-8-9-20-7-6-16-11-12(10-15(17)18)13-4-2-3-5-14(13)16/h2-5,11H,6-10H2,1H3,(H,17,18). The number of rotatable bonds is 8.